The van der Waals surface area contributed by atoms with Crippen molar-refractivity contribution in [3.8, 4) is 0 Å². The molecule has 26 heavy (non-hydrogen) atoms. The molecule has 0 bridgehead atoms. The highest BCUT2D eigenvalue weighted by atomic mass is 16.6. The number of rotatable bonds is 10. The van der Waals surface area contributed by atoms with Gasteiger partial charge in [-0.2, -0.15) is 0 Å². The van der Waals surface area contributed by atoms with E-state index >= 15 is 0 Å². The first-order valence-electron chi connectivity index (χ1n) is 7.17. The Hall–Kier alpha value is -3.12. The quantitative estimate of drug-likeness (QED) is 0.187. The second-order valence-electron chi connectivity index (χ2n) is 4.89. The zero-order chi connectivity index (χ0) is 20.3. The van der Waals surface area contributed by atoms with Crippen molar-refractivity contribution < 1.29 is 48.5 Å². The van der Waals surface area contributed by atoms with Crippen LogP contribution in [0.3, 0.4) is 0 Å². The maximum Gasteiger partial charge on any atom is 0.338 e. The van der Waals surface area contributed by atoms with Crippen LogP contribution in [0.1, 0.15) is 25.7 Å². The minimum absolute atomic E-state index is 0.250. The molecule has 0 amide bonds. The lowest BCUT2D eigenvalue weighted by Crippen LogP contribution is -2.31. The van der Waals surface area contributed by atoms with Crippen LogP contribution in [0.2, 0.25) is 0 Å². The number of nitrogens with two attached hydrogens (primary N) is 2. The molecular weight excluding hydrogens is 356 g/mol. The molecule has 12 nitrogen and oxygen atoms in total. The summed E-state index contributed by atoms with van der Waals surface area (Å²) < 4.78 is 8.51. The van der Waals surface area contributed by atoms with Crippen LogP contribution in [0.4, 0.5) is 0 Å². The van der Waals surface area contributed by atoms with Crippen LogP contribution in [0.15, 0.2) is 12.2 Å². The highest BCUT2D eigenvalue weighted by Gasteiger charge is 2.17. The SMILES string of the molecule is N[C@@H](CCC(=O)OC(=O)/C=C\C(=O)OC(=O)CC[C@H](N)C(=O)O)C(=O)O. The Labute approximate surface area is 146 Å². The van der Waals surface area contributed by atoms with Crippen LogP contribution >= 0.6 is 0 Å². The number of hydrogen-bond acceptors (Lipinski definition) is 10. The first-order valence-corrected chi connectivity index (χ1v) is 7.17. The molecule has 0 aliphatic heterocycles. The minimum Gasteiger partial charge on any atom is -0.480 e. The molecule has 0 aromatic rings. The Balaban J connectivity index is 4.20. The van der Waals surface area contributed by atoms with E-state index in [4.69, 9.17) is 21.7 Å². The molecule has 0 saturated carbocycles. The largest absolute Gasteiger partial charge is 0.480 e. The predicted molar refractivity (Wildman–Crippen MR) is 81.0 cm³/mol. The third-order valence-electron chi connectivity index (χ3n) is 2.74. The molecule has 0 spiro atoms. The average molecular weight is 374 g/mol. The maximum atomic E-state index is 11.3. The smallest absolute Gasteiger partial charge is 0.338 e. The van der Waals surface area contributed by atoms with Gasteiger partial charge >= 0.3 is 35.8 Å². The van der Waals surface area contributed by atoms with Crippen LogP contribution in [-0.2, 0) is 38.2 Å². The molecule has 6 N–H and O–H groups in total. The molecule has 144 valence electrons. The van der Waals surface area contributed by atoms with Gasteiger partial charge in [-0.1, -0.05) is 0 Å². The van der Waals surface area contributed by atoms with Crippen LogP contribution in [0.25, 0.3) is 0 Å². The van der Waals surface area contributed by atoms with Gasteiger partial charge in [0.2, 0.25) is 0 Å². The Morgan fingerprint density at radius 1 is 0.731 bits per heavy atom. The summed E-state index contributed by atoms with van der Waals surface area (Å²) in [7, 11) is 0. The number of esters is 4. The summed E-state index contributed by atoms with van der Waals surface area (Å²) in [5.41, 5.74) is 10.3. The van der Waals surface area contributed by atoms with Gasteiger partial charge in [0.1, 0.15) is 12.1 Å². The van der Waals surface area contributed by atoms with E-state index in [0.29, 0.717) is 12.2 Å². The van der Waals surface area contributed by atoms with E-state index in [2.05, 4.69) is 9.47 Å². The summed E-state index contributed by atoms with van der Waals surface area (Å²) in [4.78, 5) is 65.9. The third kappa shape index (κ3) is 10.6. The van der Waals surface area contributed by atoms with Crippen molar-refractivity contribution in [2.24, 2.45) is 11.5 Å². The van der Waals surface area contributed by atoms with Crippen molar-refractivity contribution in [1.29, 1.82) is 0 Å². The van der Waals surface area contributed by atoms with Gasteiger partial charge in [-0.05, 0) is 12.8 Å². The Morgan fingerprint density at radius 2 is 1.04 bits per heavy atom. The van der Waals surface area contributed by atoms with E-state index in [9.17, 15) is 28.8 Å². The lowest BCUT2D eigenvalue weighted by atomic mass is 10.2. The van der Waals surface area contributed by atoms with Crippen molar-refractivity contribution in [1.82, 2.24) is 0 Å². The average Bonchev–Trinajstić information content (AvgIpc) is 2.55. The van der Waals surface area contributed by atoms with Crippen LogP contribution < -0.4 is 11.5 Å². The van der Waals surface area contributed by atoms with Crippen LogP contribution in [0.5, 0.6) is 0 Å². The molecule has 0 aliphatic rings. The number of hydrogen-bond donors (Lipinski definition) is 4. The molecule has 12 heteroatoms. The molecule has 0 unspecified atom stereocenters. The van der Waals surface area contributed by atoms with Gasteiger partial charge in [0.05, 0.1) is 0 Å². The molecular formula is C14H18N2O10. The zero-order valence-corrected chi connectivity index (χ0v) is 13.5. The van der Waals surface area contributed by atoms with Crippen LogP contribution in [0, 0.1) is 0 Å². The highest BCUT2D eigenvalue weighted by Crippen LogP contribution is 2.00. The predicted octanol–water partition coefficient (Wildman–Crippen LogP) is -1.93. The monoisotopic (exact) mass is 374 g/mol. The summed E-state index contributed by atoms with van der Waals surface area (Å²) >= 11 is 0. The van der Waals surface area contributed by atoms with E-state index in [0.717, 1.165) is 0 Å². The van der Waals surface area contributed by atoms with Crippen LogP contribution in [-0.4, -0.2) is 58.1 Å². The molecule has 0 aromatic heterocycles. The molecule has 0 aliphatic carbocycles. The van der Waals surface area contributed by atoms with Crippen molar-refractivity contribution in [2.45, 2.75) is 37.8 Å². The van der Waals surface area contributed by atoms with E-state index in [1.54, 1.807) is 0 Å². The Kier molecular flexibility index (Phi) is 10.1. The number of carboxylic acid groups (broad SMARTS) is 2. The molecule has 2 atom stereocenters. The first kappa shape index (κ1) is 22.9. The lowest BCUT2D eigenvalue weighted by molar-refractivity contribution is -0.159. The minimum atomic E-state index is -1.32. The number of carbonyl (C=O) groups excluding carboxylic acids is 4. The number of aliphatic carboxylic acids is 2. The normalized spacial score (nSPS) is 12.8. The van der Waals surface area contributed by atoms with Crippen molar-refractivity contribution >= 4 is 35.8 Å². The highest BCUT2D eigenvalue weighted by molar-refractivity contribution is 5.99. The molecule has 0 rings (SSSR count). The second-order valence-corrected chi connectivity index (χ2v) is 4.89. The van der Waals surface area contributed by atoms with E-state index in [1.807, 2.05) is 0 Å². The lowest BCUT2D eigenvalue weighted by Gasteiger charge is -2.05. The Morgan fingerprint density at radius 3 is 1.31 bits per heavy atom. The van der Waals surface area contributed by atoms with E-state index in [-0.39, 0.29) is 12.8 Å². The van der Waals surface area contributed by atoms with Gasteiger partial charge in [-0.15, -0.1) is 0 Å². The topological polar surface area (TPSA) is 213 Å². The van der Waals surface area contributed by atoms with Gasteiger partial charge in [-0.3, -0.25) is 19.2 Å². The third-order valence-corrected chi connectivity index (χ3v) is 2.74. The van der Waals surface area contributed by atoms with E-state index < -0.39 is 60.7 Å². The van der Waals surface area contributed by atoms with Gasteiger partial charge < -0.3 is 31.2 Å². The molecule has 0 heterocycles. The summed E-state index contributed by atoms with van der Waals surface area (Å²) in [5.74, 6) is -7.22. The molecule has 0 saturated heterocycles. The standard InChI is InChI=1S/C14H18N2O10/c15-7(13(21)22)1-3-9(17)25-11(19)5-6-12(20)26-10(18)4-2-8(16)14(23)24/h5-8H,1-4,15-16H2,(H,21,22)(H,23,24)/b6-5-/t7-,8-/m0/s1. The van der Waals surface area contributed by atoms with E-state index in [1.165, 1.54) is 0 Å². The zero-order valence-electron chi connectivity index (χ0n) is 13.5. The van der Waals surface area contributed by atoms with Crippen molar-refractivity contribution in [2.75, 3.05) is 0 Å². The summed E-state index contributed by atoms with van der Waals surface area (Å²) in [6.45, 7) is 0. The molecule has 0 aromatic carbocycles. The van der Waals surface area contributed by atoms with Gasteiger partial charge in [0, 0.05) is 25.0 Å². The van der Waals surface area contributed by atoms with Gasteiger partial charge in [0.15, 0.2) is 0 Å². The van der Waals surface area contributed by atoms with Gasteiger partial charge in [-0.25, -0.2) is 9.59 Å². The summed E-state index contributed by atoms with van der Waals surface area (Å²) in [5, 5.41) is 17.0. The molecule has 0 radical (unpaired) electrons. The fourth-order valence-electron chi connectivity index (χ4n) is 1.32. The van der Waals surface area contributed by atoms with Crippen molar-refractivity contribution in [3.63, 3.8) is 0 Å². The Bertz CT molecular complexity index is 561. The molecule has 0 fully saturated rings. The van der Waals surface area contributed by atoms with Crippen molar-refractivity contribution in [3.05, 3.63) is 12.2 Å². The number of ether oxygens (including phenoxy) is 2. The van der Waals surface area contributed by atoms with Gasteiger partial charge in [0.25, 0.3) is 0 Å². The fraction of sp³-hybridized carbons (Fsp3) is 0.429. The maximum absolute atomic E-state index is 11.3. The second kappa shape index (κ2) is 11.4. The fourth-order valence-corrected chi connectivity index (χ4v) is 1.32. The number of carboxylic acids is 2. The summed E-state index contributed by atoms with van der Waals surface area (Å²) in [6, 6.07) is -2.58. The first-order chi connectivity index (χ1) is 12.0. The summed E-state index contributed by atoms with van der Waals surface area (Å²) in [6.07, 6.45) is -0.318. The number of carbonyl (C=O) groups is 6.